The standard InChI is InChI=1S/C12H14BrNO/c1-14-7-6-9(15)8-12(14)10-4-2-3-5-11(10)13/h2-5,12H,6-8H2,1H3. The Labute approximate surface area is 98.4 Å². The molecule has 1 saturated heterocycles. The van der Waals surface area contributed by atoms with Crippen molar-refractivity contribution in [3.63, 3.8) is 0 Å². The van der Waals surface area contributed by atoms with Crippen LogP contribution in [0.2, 0.25) is 0 Å². The van der Waals surface area contributed by atoms with Gasteiger partial charge >= 0.3 is 0 Å². The summed E-state index contributed by atoms with van der Waals surface area (Å²) in [6.45, 7) is 0.866. The predicted octanol–water partition coefficient (Wildman–Crippen LogP) is 2.78. The summed E-state index contributed by atoms with van der Waals surface area (Å²) >= 11 is 3.54. The molecule has 2 nitrogen and oxygen atoms in total. The zero-order valence-electron chi connectivity index (χ0n) is 8.74. The second kappa shape index (κ2) is 4.45. The van der Waals surface area contributed by atoms with Gasteiger partial charge < -0.3 is 0 Å². The van der Waals surface area contributed by atoms with Crippen LogP contribution >= 0.6 is 15.9 Å². The van der Waals surface area contributed by atoms with Crippen LogP contribution in [0.15, 0.2) is 28.7 Å². The first kappa shape index (κ1) is 10.8. The summed E-state index contributed by atoms with van der Waals surface area (Å²) in [5.41, 5.74) is 1.22. The molecule has 1 fully saturated rings. The van der Waals surface area contributed by atoms with Gasteiger partial charge in [-0.1, -0.05) is 34.1 Å². The van der Waals surface area contributed by atoms with E-state index in [4.69, 9.17) is 0 Å². The van der Waals surface area contributed by atoms with E-state index >= 15 is 0 Å². The van der Waals surface area contributed by atoms with Crippen LogP contribution in [0.1, 0.15) is 24.4 Å². The lowest BCUT2D eigenvalue weighted by atomic mass is 9.95. The van der Waals surface area contributed by atoms with Crippen LogP contribution in [-0.2, 0) is 4.79 Å². The SMILES string of the molecule is CN1CCC(=O)CC1c1ccccc1Br. The van der Waals surface area contributed by atoms with Crippen molar-refractivity contribution in [2.45, 2.75) is 18.9 Å². The normalized spacial score (nSPS) is 23.1. The largest absolute Gasteiger partial charge is 0.300 e. The summed E-state index contributed by atoms with van der Waals surface area (Å²) in [4.78, 5) is 13.7. The molecule has 1 atom stereocenters. The van der Waals surface area contributed by atoms with Crippen LogP contribution in [-0.4, -0.2) is 24.3 Å². The Hall–Kier alpha value is -0.670. The zero-order valence-corrected chi connectivity index (χ0v) is 10.3. The summed E-state index contributed by atoms with van der Waals surface area (Å²) in [6, 6.07) is 8.37. The first-order chi connectivity index (χ1) is 7.18. The van der Waals surface area contributed by atoms with E-state index in [-0.39, 0.29) is 6.04 Å². The van der Waals surface area contributed by atoms with E-state index in [9.17, 15) is 4.79 Å². The van der Waals surface area contributed by atoms with Crippen LogP contribution in [0, 0.1) is 0 Å². The molecule has 1 aromatic rings. The van der Waals surface area contributed by atoms with E-state index in [2.05, 4.69) is 33.9 Å². The summed E-state index contributed by atoms with van der Waals surface area (Å²) < 4.78 is 1.09. The van der Waals surface area contributed by atoms with Gasteiger partial charge in [0.05, 0.1) is 0 Å². The van der Waals surface area contributed by atoms with E-state index in [0.29, 0.717) is 18.6 Å². The molecule has 3 heteroatoms. The minimum atomic E-state index is 0.238. The lowest BCUT2D eigenvalue weighted by molar-refractivity contribution is -0.122. The molecule has 80 valence electrons. The molecule has 0 bridgehead atoms. The molecule has 1 aliphatic heterocycles. The van der Waals surface area contributed by atoms with Crippen LogP contribution in [0.25, 0.3) is 0 Å². The summed E-state index contributed by atoms with van der Waals surface area (Å²) in [5, 5.41) is 0. The predicted molar refractivity (Wildman–Crippen MR) is 63.8 cm³/mol. The number of Topliss-reactive ketones (excluding diaryl/α,β-unsaturated/α-hetero) is 1. The van der Waals surface area contributed by atoms with Gasteiger partial charge in [-0.05, 0) is 18.7 Å². The van der Waals surface area contributed by atoms with Gasteiger partial charge in [-0.3, -0.25) is 9.69 Å². The first-order valence-electron chi connectivity index (χ1n) is 5.15. The van der Waals surface area contributed by atoms with Gasteiger partial charge in [0.25, 0.3) is 0 Å². The van der Waals surface area contributed by atoms with Crippen molar-refractivity contribution in [3.05, 3.63) is 34.3 Å². The van der Waals surface area contributed by atoms with Gasteiger partial charge in [-0.15, -0.1) is 0 Å². The molecule has 0 N–H and O–H groups in total. The van der Waals surface area contributed by atoms with Gasteiger partial charge in [0.2, 0.25) is 0 Å². The Kier molecular flexibility index (Phi) is 3.22. The van der Waals surface area contributed by atoms with E-state index < -0.39 is 0 Å². The molecule has 1 unspecified atom stereocenters. The number of piperidine rings is 1. The van der Waals surface area contributed by atoms with Gasteiger partial charge in [-0.25, -0.2) is 0 Å². The van der Waals surface area contributed by atoms with Crippen molar-refractivity contribution < 1.29 is 4.79 Å². The summed E-state index contributed by atoms with van der Waals surface area (Å²) in [6.07, 6.45) is 1.33. The Morgan fingerprint density at radius 1 is 1.40 bits per heavy atom. The molecule has 1 heterocycles. The average Bonchev–Trinajstić information content (AvgIpc) is 2.23. The Morgan fingerprint density at radius 3 is 2.87 bits per heavy atom. The highest BCUT2D eigenvalue weighted by atomic mass is 79.9. The number of nitrogens with zero attached hydrogens (tertiary/aromatic N) is 1. The van der Waals surface area contributed by atoms with Gasteiger partial charge in [-0.2, -0.15) is 0 Å². The summed E-state index contributed by atoms with van der Waals surface area (Å²) in [7, 11) is 2.08. The minimum Gasteiger partial charge on any atom is -0.300 e. The van der Waals surface area contributed by atoms with Crippen molar-refractivity contribution in [1.29, 1.82) is 0 Å². The monoisotopic (exact) mass is 267 g/mol. The van der Waals surface area contributed by atoms with Crippen molar-refractivity contribution in [3.8, 4) is 0 Å². The molecule has 1 aliphatic rings. The Balaban J connectivity index is 2.29. The molecular weight excluding hydrogens is 254 g/mol. The van der Waals surface area contributed by atoms with Crippen molar-refractivity contribution >= 4 is 21.7 Å². The molecule has 0 aromatic heterocycles. The van der Waals surface area contributed by atoms with Crippen LogP contribution in [0.4, 0.5) is 0 Å². The number of carbonyl (C=O) groups excluding carboxylic acids is 1. The Morgan fingerprint density at radius 2 is 2.13 bits per heavy atom. The number of halogens is 1. The topological polar surface area (TPSA) is 20.3 Å². The molecule has 0 spiro atoms. The van der Waals surface area contributed by atoms with Crippen LogP contribution in [0.3, 0.4) is 0 Å². The third kappa shape index (κ3) is 2.29. The van der Waals surface area contributed by atoms with Crippen molar-refractivity contribution in [1.82, 2.24) is 4.90 Å². The average molecular weight is 268 g/mol. The van der Waals surface area contributed by atoms with E-state index in [1.165, 1.54) is 5.56 Å². The number of ketones is 1. The second-order valence-corrected chi connectivity index (χ2v) is 4.87. The van der Waals surface area contributed by atoms with Crippen molar-refractivity contribution in [2.75, 3.05) is 13.6 Å². The van der Waals surface area contributed by atoms with Crippen LogP contribution in [0.5, 0.6) is 0 Å². The molecule has 0 radical (unpaired) electrons. The van der Waals surface area contributed by atoms with Gasteiger partial charge in [0.1, 0.15) is 5.78 Å². The maximum atomic E-state index is 11.5. The Bertz CT molecular complexity index is 378. The van der Waals surface area contributed by atoms with E-state index in [0.717, 1.165) is 11.0 Å². The number of hydrogen-bond donors (Lipinski definition) is 0. The lowest BCUT2D eigenvalue weighted by Gasteiger charge is -2.32. The van der Waals surface area contributed by atoms with Gasteiger partial charge in [0, 0.05) is 29.9 Å². The quantitative estimate of drug-likeness (QED) is 0.780. The lowest BCUT2D eigenvalue weighted by Crippen LogP contribution is -2.34. The van der Waals surface area contributed by atoms with Gasteiger partial charge in [0.15, 0.2) is 0 Å². The fourth-order valence-corrected chi connectivity index (χ4v) is 2.57. The fraction of sp³-hybridized carbons (Fsp3) is 0.417. The smallest absolute Gasteiger partial charge is 0.136 e. The third-order valence-electron chi connectivity index (χ3n) is 2.96. The highest BCUT2D eigenvalue weighted by Gasteiger charge is 2.26. The first-order valence-corrected chi connectivity index (χ1v) is 5.94. The molecule has 15 heavy (non-hydrogen) atoms. The summed E-state index contributed by atoms with van der Waals surface area (Å²) in [5.74, 6) is 0.369. The number of rotatable bonds is 1. The van der Waals surface area contributed by atoms with Crippen molar-refractivity contribution in [2.24, 2.45) is 0 Å². The maximum absolute atomic E-state index is 11.5. The number of likely N-dealkylation sites (tertiary alicyclic amines) is 1. The zero-order chi connectivity index (χ0) is 10.8. The molecule has 0 amide bonds. The molecule has 0 saturated carbocycles. The number of hydrogen-bond acceptors (Lipinski definition) is 2. The van der Waals surface area contributed by atoms with E-state index in [1.807, 2.05) is 18.2 Å². The molecule has 1 aromatic carbocycles. The highest BCUT2D eigenvalue weighted by molar-refractivity contribution is 9.10. The maximum Gasteiger partial charge on any atom is 0.136 e. The molecule has 2 rings (SSSR count). The minimum absolute atomic E-state index is 0.238. The highest BCUT2D eigenvalue weighted by Crippen LogP contribution is 2.32. The molecule has 0 aliphatic carbocycles. The van der Waals surface area contributed by atoms with E-state index in [1.54, 1.807) is 0 Å². The number of benzene rings is 1. The van der Waals surface area contributed by atoms with Crippen LogP contribution < -0.4 is 0 Å². The second-order valence-electron chi connectivity index (χ2n) is 4.01. The molecular formula is C12H14BrNO. The fourth-order valence-electron chi connectivity index (χ4n) is 2.02. The third-order valence-corrected chi connectivity index (χ3v) is 3.68. The number of carbonyl (C=O) groups is 1.